The summed E-state index contributed by atoms with van der Waals surface area (Å²) in [6.45, 7) is 4.29. The van der Waals surface area contributed by atoms with E-state index in [0.717, 1.165) is 54.4 Å². The minimum Gasteiger partial charge on any atom is -0.457 e. The topological polar surface area (TPSA) is 104 Å². The van der Waals surface area contributed by atoms with Crippen molar-refractivity contribution in [3.8, 4) is 5.69 Å². The van der Waals surface area contributed by atoms with Crippen LogP contribution in [0.2, 0.25) is 0 Å². The van der Waals surface area contributed by atoms with Crippen LogP contribution in [0.5, 0.6) is 0 Å². The number of carbonyl (C=O) groups is 2. The molecule has 3 saturated carbocycles. The number of thioether (sulfide) groups is 1. The molecule has 3 fully saturated rings. The first-order valence-corrected chi connectivity index (χ1v) is 16.2. The molecule has 4 aliphatic carbocycles. The monoisotopic (exact) mass is 620 g/mol. The fourth-order valence-electron chi connectivity index (χ4n) is 9.34. The van der Waals surface area contributed by atoms with Gasteiger partial charge in [-0.1, -0.05) is 31.2 Å². The number of aliphatic hydroxyl groups excluding tert-OH is 1. The minimum atomic E-state index is -1.41. The Morgan fingerprint density at radius 3 is 2.73 bits per heavy atom. The Labute approximate surface area is 260 Å². The van der Waals surface area contributed by atoms with Crippen LogP contribution in [0, 0.1) is 34.4 Å². The van der Waals surface area contributed by atoms with E-state index in [-0.39, 0.29) is 45.8 Å². The number of nitrogens with zero attached hydrogens (tertiary/aromatic N) is 2. The molecule has 2 aromatic heterocycles. The van der Waals surface area contributed by atoms with Gasteiger partial charge < -0.3 is 19.0 Å². The van der Waals surface area contributed by atoms with Crippen LogP contribution in [0.15, 0.2) is 58.8 Å². The summed E-state index contributed by atoms with van der Waals surface area (Å²) < 4.78 is 32.2. The lowest BCUT2D eigenvalue weighted by Crippen LogP contribution is -2.62. The van der Waals surface area contributed by atoms with Gasteiger partial charge in [-0.2, -0.15) is 5.10 Å². The van der Waals surface area contributed by atoms with E-state index in [1.54, 1.807) is 18.2 Å². The summed E-state index contributed by atoms with van der Waals surface area (Å²) in [5.74, 6) is -0.565. The standard InChI is InChI=1S/C34H37FN2O6S/c1-32-16-20-18-36-37(23-9-7-22(35)8-10-23)26(20)15-21(32)6-11-24-25-12-13-34(31(40)44-19-41-3,33(25,2)17-27(38)29(24)32)43-30(39)28-5-4-14-42-28/h4-5,7-10,14-15,18,24-25,27,29,38H,6,11-13,16-17,19H2,1-3H3/t24-,25-,27-,29+,32-,33-,34-/m0/s1. The molecule has 2 heterocycles. The number of aliphatic hydroxyl groups is 1. The average Bonchev–Trinajstić information content (AvgIpc) is 3.73. The van der Waals surface area contributed by atoms with Gasteiger partial charge in [0.25, 0.3) is 0 Å². The maximum absolute atomic E-state index is 14.0. The highest BCUT2D eigenvalue weighted by molar-refractivity contribution is 8.13. The molecule has 7 atom stereocenters. The Balaban J connectivity index is 1.22. The highest BCUT2D eigenvalue weighted by atomic mass is 32.2. The van der Waals surface area contributed by atoms with Gasteiger partial charge in [0.2, 0.25) is 10.9 Å². The lowest BCUT2D eigenvalue weighted by molar-refractivity contribution is -0.175. The molecule has 10 heteroatoms. The number of benzene rings is 1. The lowest BCUT2D eigenvalue weighted by Gasteiger charge is -2.60. The van der Waals surface area contributed by atoms with Gasteiger partial charge in [-0.25, -0.2) is 13.9 Å². The summed E-state index contributed by atoms with van der Waals surface area (Å²) in [6, 6.07) is 9.50. The molecular weight excluding hydrogens is 583 g/mol. The number of esters is 1. The third kappa shape index (κ3) is 4.28. The van der Waals surface area contributed by atoms with Crippen LogP contribution < -0.4 is 0 Å². The fourth-order valence-corrected chi connectivity index (χ4v) is 10.2. The predicted molar refractivity (Wildman–Crippen MR) is 162 cm³/mol. The van der Waals surface area contributed by atoms with Gasteiger partial charge in [0, 0.05) is 12.5 Å². The number of hydrogen-bond donors (Lipinski definition) is 1. The molecule has 7 rings (SSSR count). The first kappa shape index (κ1) is 29.5. The molecule has 0 unspecified atom stereocenters. The van der Waals surface area contributed by atoms with Crippen LogP contribution in [-0.4, -0.2) is 50.7 Å². The van der Waals surface area contributed by atoms with Crippen molar-refractivity contribution in [3.63, 3.8) is 0 Å². The van der Waals surface area contributed by atoms with Crippen molar-refractivity contribution in [1.82, 2.24) is 9.78 Å². The zero-order valence-electron chi connectivity index (χ0n) is 25.1. The number of carbonyl (C=O) groups excluding carboxylic acids is 2. The van der Waals surface area contributed by atoms with Crippen LogP contribution in [-0.2, 0) is 20.7 Å². The number of ether oxygens (including phenoxy) is 2. The van der Waals surface area contributed by atoms with Crippen LogP contribution in [0.4, 0.5) is 4.39 Å². The number of methoxy groups -OCH3 is 1. The summed E-state index contributed by atoms with van der Waals surface area (Å²) in [7, 11) is 1.53. The van der Waals surface area contributed by atoms with Gasteiger partial charge in [-0.05, 0) is 110 Å². The molecule has 0 radical (unpaired) electrons. The molecule has 3 aromatic rings. The molecule has 8 nitrogen and oxygen atoms in total. The minimum absolute atomic E-state index is 0.0267. The lowest BCUT2D eigenvalue weighted by atomic mass is 9.45. The Morgan fingerprint density at radius 1 is 1.20 bits per heavy atom. The van der Waals surface area contributed by atoms with Crippen molar-refractivity contribution in [1.29, 1.82) is 0 Å². The second-order valence-electron chi connectivity index (χ2n) is 13.3. The van der Waals surface area contributed by atoms with E-state index in [9.17, 15) is 19.1 Å². The Kier molecular flexibility index (Phi) is 7.18. The van der Waals surface area contributed by atoms with Crippen molar-refractivity contribution in [2.24, 2.45) is 28.6 Å². The van der Waals surface area contributed by atoms with E-state index in [1.165, 1.54) is 37.1 Å². The fraction of sp³-hybridized carbons (Fsp3) is 0.500. The summed E-state index contributed by atoms with van der Waals surface area (Å²) in [4.78, 5) is 27.3. The van der Waals surface area contributed by atoms with Gasteiger partial charge in [-0.3, -0.25) is 4.79 Å². The number of allylic oxidation sites excluding steroid dienone is 1. The van der Waals surface area contributed by atoms with Crippen LogP contribution in [0.1, 0.15) is 67.8 Å². The highest BCUT2D eigenvalue weighted by Gasteiger charge is 2.70. The quantitative estimate of drug-likeness (QED) is 0.256. The molecular formula is C34H37FN2O6S. The zero-order valence-corrected chi connectivity index (χ0v) is 25.9. The normalized spacial score (nSPS) is 33.9. The van der Waals surface area contributed by atoms with Crippen molar-refractivity contribution in [3.05, 3.63) is 77.3 Å². The molecule has 0 bridgehead atoms. The van der Waals surface area contributed by atoms with Crippen molar-refractivity contribution >= 4 is 28.9 Å². The van der Waals surface area contributed by atoms with Gasteiger partial charge in [-0.15, -0.1) is 0 Å². The van der Waals surface area contributed by atoms with E-state index < -0.39 is 23.1 Å². The van der Waals surface area contributed by atoms with Crippen LogP contribution in [0.25, 0.3) is 11.8 Å². The van der Waals surface area contributed by atoms with E-state index in [1.807, 2.05) is 17.8 Å². The first-order chi connectivity index (χ1) is 21.1. The zero-order chi connectivity index (χ0) is 30.9. The van der Waals surface area contributed by atoms with Gasteiger partial charge >= 0.3 is 5.97 Å². The molecule has 232 valence electrons. The number of halogens is 1. The van der Waals surface area contributed by atoms with E-state index in [4.69, 9.17) is 13.9 Å². The molecule has 44 heavy (non-hydrogen) atoms. The molecule has 0 aliphatic heterocycles. The van der Waals surface area contributed by atoms with Crippen molar-refractivity contribution in [2.45, 2.75) is 64.1 Å². The Morgan fingerprint density at radius 2 is 2.00 bits per heavy atom. The Bertz CT molecular complexity index is 1620. The van der Waals surface area contributed by atoms with E-state index in [0.29, 0.717) is 12.8 Å². The van der Waals surface area contributed by atoms with Crippen molar-refractivity contribution in [2.75, 3.05) is 13.0 Å². The molecule has 0 spiro atoms. The highest BCUT2D eigenvalue weighted by Crippen LogP contribution is 2.69. The number of fused-ring (bicyclic) bond motifs is 6. The summed E-state index contributed by atoms with van der Waals surface area (Å²) >= 11 is 1.02. The van der Waals surface area contributed by atoms with Crippen molar-refractivity contribution < 1.29 is 33.0 Å². The average molecular weight is 621 g/mol. The van der Waals surface area contributed by atoms with E-state index in [2.05, 4.69) is 18.1 Å². The smallest absolute Gasteiger partial charge is 0.375 e. The maximum atomic E-state index is 14.0. The second kappa shape index (κ2) is 10.7. The summed E-state index contributed by atoms with van der Waals surface area (Å²) in [5.41, 5.74) is 1.72. The number of rotatable bonds is 6. The molecule has 1 N–H and O–H groups in total. The number of hydrogen-bond acceptors (Lipinski definition) is 8. The maximum Gasteiger partial charge on any atom is 0.375 e. The van der Waals surface area contributed by atoms with Gasteiger partial charge in [0.05, 0.1) is 35.9 Å². The molecule has 1 aromatic carbocycles. The number of aromatic nitrogens is 2. The van der Waals surface area contributed by atoms with Gasteiger partial charge in [0.1, 0.15) is 5.82 Å². The predicted octanol–water partition coefficient (Wildman–Crippen LogP) is 6.22. The Hall–Kier alpha value is -3.21. The largest absolute Gasteiger partial charge is 0.457 e. The second-order valence-corrected chi connectivity index (χ2v) is 14.2. The van der Waals surface area contributed by atoms with Crippen LogP contribution >= 0.6 is 11.8 Å². The molecule has 4 aliphatic rings. The first-order valence-electron chi connectivity index (χ1n) is 15.3. The summed E-state index contributed by atoms with van der Waals surface area (Å²) in [5, 5.41) is 16.5. The number of furan rings is 1. The third-order valence-electron chi connectivity index (χ3n) is 11.2. The third-order valence-corrected chi connectivity index (χ3v) is 12.2. The SMILES string of the molecule is COCSC(=O)[C@@]1(OC(=O)c2ccco2)CC[C@H]2[C@@H]3CCC4=Cc5c(cnn5-c5ccc(F)cc5)C[C@]4(C)[C@H]3[C@@H](O)C[C@@]21C. The van der Waals surface area contributed by atoms with E-state index >= 15 is 0 Å². The van der Waals surface area contributed by atoms with Crippen LogP contribution in [0.3, 0.4) is 0 Å². The van der Waals surface area contributed by atoms with Gasteiger partial charge in [0.15, 0.2) is 5.60 Å². The summed E-state index contributed by atoms with van der Waals surface area (Å²) in [6.07, 6.45) is 8.72. The molecule has 0 saturated heterocycles. The molecule has 0 amide bonds.